The number of thiazole rings is 1. The molecule has 0 aliphatic heterocycles. The first-order chi connectivity index (χ1) is 13.8. The third-order valence-electron chi connectivity index (χ3n) is 4.50. The van der Waals surface area contributed by atoms with Crippen molar-refractivity contribution < 1.29 is 13.2 Å². The average molecular weight is 427 g/mol. The molecule has 0 spiro atoms. The van der Waals surface area contributed by atoms with E-state index in [1.165, 1.54) is 17.6 Å². The van der Waals surface area contributed by atoms with Crippen LogP contribution in [0.15, 0.2) is 65.1 Å². The normalized spacial score (nSPS) is 12.7. The minimum Gasteiger partial charge on any atom is -0.312 e. The number of carbonyl (C=O) groups excluding carboxylic acids is 1. The number of sulfone groups is 1. The average Bonchev–Trinajstić information content (AvgIpc) is 3.17. The molecule has 0 unspecified atom stereocenters. The van der Waals surface area contributed by atoms with E-state index in [0.717, 1.165) is 10.2 Å². The summed E-state index contributed by atoms with van der Waals surface area (Å²) in [4.78, 5) is 22.5. The van der Waals surface area contributed by atoms with Gasteiger partial charge in [-0.05, 0) is 37.3 Å². The summed E-state index contributed by atoms with van der Waals surface area (Å²) in [5, 5.41) is 0. The predicted octanol–water partition coefficient (Wildman–Crippen LogP) is 2.99. The molecule has 4 rings (SSSR count). The maximum atomic E-state index is 13.0. The first-order valence-corrected chi connectivity index (χ1v) is 11.5. The zero-order chi connectivity index (χ0) is 20.8. The number of aryl methyl sites for hydroxylation is 1. The van der Waals surface area contributed by atoms with Crippen LogP contribution in [0.4, 0.5) is 0 Å². The summed E-state index contributed by atoms with van der Waals surface area (Å²) in [5.74, 6) is -0.408. The van der Waals surface area contributed by atoms with Crippen molar-refractivity contribution in [2.75, 3.05) is 6.26 Å². The second kappa shape index (κ2) is 7.09. The van der Waals surface area contributed by atoms with Crippen LogP contribution in [0, 0.1) is 6.92 Å². The van der Waals surface area contributed by atoms with Gasteiger partial charge in [0, 0.05) is 19.0 Å². The highest BCUT2D eigenvalue weighted by Crippen LogP contribution is 2.22. The van der Waals surface area contributed by atoms with Crippen molar-refractivity contribution in [2.24, 2.45) is 4.99 Å². The van der Waals surface area contributed by atoms with Crippen LogP contribution in [0.2, 0.25) is 0 Å². The third-order valence-corrected chi connectivity index (χ3v) is 6.65. The molecular weight excluding hydrogens is 408 g/mol. The largest absolute Gasteiger partial charge is 0.312 e. The summed E-state index contributed by atoms with van der Waals surface area (Å²) in [5.41, 5.74) is 2.47. The van der Waals surface area contributed by atoms with E-state index in [4.69, 9.17) is 0 Å². The molecule has 0 saturated carbocycles. The first-order valence-electron chi connectivity index (χ1n) is 8.76. The number of fused-ring (bicyclic) bond motifs is 2. The Morgan fingerprint density at radius 3 is 2.83 bits per heavy atom. The number of nitrogens with zero attached hydrogens (tertiary/aromatic N) is 4. The van der Waals surface area contributed by atoms with Crippen molar-refractivity contribution in [1.82, 2.24) is 14.0 Å². The SMILES string of the molecule is C=CCn1c(=NC(=O)c2c(C)nc3ccccn23)sc2cc(S(C)(=O)=O)ccc21. The lowest BCUT2D eigenvalue weighted by Gasteiger charge is -2.02. The Morgan fingerprint density at radius 1 is 1.31 bits per heavy atom. The first kappa shape index (κ1) is 19.3. The van der Waals surface area contributed by atoms with E-state index < -0.39 is 15.7 Å². The highest BCUT2D eigenvalue weighted by Gasteiger charge is 2.17. The molecule has 0 aliphatic rings. The van der Waals surface area contributed by atoms with Crippen LogP contribution in [-0.2, 0) is 16.4 Å². The molecule has 0 bridgehead atoms. The molecular formula is C20H18N4O3S2. The van der Waals surface area contributed by atoms with Gasteiger partial charge in [0.15, 0.2) is 14.6 Å². The van der Waals surface area contributed by atoms with Crippen LogP contribution in [0.3, 0.4) is 0 Å². The molecule has 0 N–H and O–H groups in total. The Labute approximate surface area is 171 Å². The minimum atomic E-state index is -3.33. The van der Waals surface area contributed by atoms with Gasteiger partial charge in [0.1, 0.15) is 11.3 Å². The van der Waals surface area contributed by atoms with E-state index >= 15 is 0 Å². The number of hydrogen-bond acceptors (Lipinski definition) is 5. The lowest BCUT2D eigenvalue weighted by molar-refractivity contribution is 0.0991. The zero-order valence-corrected chi connectivity index (χ0v) is 17.5. The molecule has 1 amide bonds. The highest BCUT2D eigenvalue weighted by molar-refractivity contribution is 7.90. The van der Waals surface area contributed by atoms with Crippen LogP contribution in [0.25, 0.3) is 15.9 Å². The number of amides is 1. The van der Waals surface area contributed by atoms with Crippen molar-refractivity contribution in [2.45, 2.75) is 18.4 Å². The molecule has 3 aromatic heterocycles. The number of imidazole rings is 1. The molecule has 1 aromatic carbocycles. The predicted molar refractivity (Wildman–Crippen MR) is 113 cm³/mol. The number of allylic oxidation sites excluding steroid dienone is 1. The lowest BCUT2D eigenvalue weighted by Crippen LogP contribution is -2.17. The van der Waals surface area contributed by atoms with Crippen LogP contribution >= 0.6 is 11.3 Å². The number of pyridine rings is 1. The van der Waals surface area contributed by atoms with E-state index in [2.05, 4.69) is 16.6 Å². The van der Waals surface area contributed by atoms with Gasteiger partial charge in [-0.2, -0.15) is 4.99 Å². The van der Waals surface area contributed by atoms with E-state index in [-0.39, 0.29) is 4.90 Å². The molecule has 4 aromatic rings. The van der Waals surface area contributed by atoms with Crippen LogP contribution in [-0.4, -0.2) is 34.5 Å². The number of benzene rings is 1. The maximum absolute atomic E-state index is 13.0. The summed E-state index contributed by atoms with van der Waals surface area (Å²) in [6, 6.07) is 10.4. The quantitative estimate of drug-likeness (QED) is 0.470. The lowest BCUT2D eigenvalue weighted by atomic mass is 10.3. The Morgan fingerprint density at radius 2 is 2.10 bits per heavy atom. The van der Waals surface area contributed by atoms with Gasteiger partial charge in [0.25, 0.3) is 5.91 Å². The topological polar surface area (TPSA) is 85.8 Å². The number of hydrogen-bond donors (Lipinski definition) is 0. The smallest absolute Gasteiger partial charge is 0.298 e. The molecule has 9 heteroatoms. The van der Waals surface area contributed by atoms with Gasteiger partial charge in [-0.25, -0.2) is 13.4 Å². The fourth-order valence-corrected chi connectivity index (χ4v) is 4.98. The van der Waals surface area contributed by atoms with Gasteiger partial charge in [-0.15, -0.1) is 6.58 Å². The molecule has 148 valence electrons. The molecule has 0 atom stereocenters. The third kappa shape index (κ3) is 3.43. The van der Waals surface area contributed by atoms with Crippen molar-refractivity contribution in [3.8, 4) is 0 Å². The van der Waals surface area contributed by atoms with Gasteiger partial charge in [0.05, 0.1) is 20.8 Å². The van der Waals surface area contributed by atoms with Crippen LogP contribution < -0.4 is 4.80 Å². The molecule has 0 radical (unpaired) electrons. The number of carbonyl (C=O) groups is 1. The van der Waals surface area contributed by atoms with Gasteiger partial charge in [-0.1, -0.05) is 23.5 Å². The van der Waals surface area contributed by atoms with E-state index in [1.54, 1.807) is 41.8 Å². The molecule has 0 aliphatic carbocycles. The number of aromatic nitrogens is 3. The van der Waals surface area contributed by atoms with Crippen molar-refractivity contribution in [3.05, 3.63) is 71.4 Å². The Balaban J connectivity index is 1.92. The van der Waals surface area contributed by atoms with Gasteiger partial charge in [0.2, 0.25) is 0 Å². The maximum Gasteiger partial charge on any atom is 0.298 e. The van der Waals surface area contributed by atoms with E-state index in [0.29, 0.717) is 28.4 Å². The van der Waals surface area contributed by atoms with Gasteiger partial charge < -0.3 is 4.57 Å². The van der Waals surface area contributed by atoms with Crippen LogP contribution in [0.1, 0.15) is 16.2 Å². The van der Waals surface area contributed by atoms with E-state index in [1.807, 2.05) is 22.8 Å². The molecule has 3 heterocycles. The second-order valence-corrected chi connectivity index (χ2v) is 9.60. The summed E-state index contributed by atoms with van der Waals surface area (Å²) in [7, 11) is -3.33. The van der Waals surface area contributed by atoms with Crippen molar-refractivity contribution in [3.63, 3.8) is 0 Å². The van der Waals surface area contributed by atoms with E-state index in [9.17, 15) is 13.2 Å². The Bertz CT molecular complexity index is 1460. The van der Waals surface area contributed by atoms with Crippen molar-refractivity contribution >= 4 is 42.9 Å². The molecule has 0 fully saturated rings. The zero-order valence-electron chi connectivity index (χ0n) is 15.9. The summed E-state index contributed by atoms with van der Waals surface area (Å²) >= 11 is 1.26. The van der Waals surface area contributed by atoms with Gasteiger partial charge in [-0.3, -0.25) is 9.20 Å². The summed E-state index contributed by atoms with van der Waals surface area (Å²) in [6.45, 7) is 5.99. The summed E-state index contributed by atoms with van der Waals surface area (Å²) in [6.07, 6.45) is 4.65. The highest BCUT2D eigenvalue weighted by atomic mass is 32.2. The fourth-order valence-electron chi connectivity index (χ4n) is 3.19. The number of rotatable bonds is 4. The molecule has 29 heavy (non-hydrogen) atoms. The molecule has 0 saturated heterocycles. The van der Waals surface area contributed by atoms with Crippen molar-refractivity contribution in [1.29, 1.82) is 0 Å². The second-order valence-electron chi connectivity index (χ2n) is 6.58. The summed E-state index contributed by atoms with van der Waals surface area (Å²) < 4.78 is 28.1. The van der Waals surface area contributed by atoms with Crippen LogP contribution in [0.5, 0.6) is 0 Å². The fraction of sp³-hybridized carbons (Fsp3) is 0.150. The monoisotopic (exact) mass is 426 g/mol. The minimum absolute atomic E-state index is 0.229. The Hall–Kier alpha value is -3.04. The van der Waals surface area contributed by atoms with Gasteiger partial charge >= 0.3 is 0 Å². The standard InChI is InChI=1S/C20H18N4O3S2/c1-4-10-23-15-9-8-14(29(3,26)27)12-16(15)28-20(23)22-19(25)18-13(2)21-17-7-5-6-11-24(17)18/h4-9,11-12H,1,10H2,2-3H3. The Kier molecular flexibility index (Phi) is 4.71. The molecule has 7 nitrogen and oxygen atoms in total.